The molecule has 0 N–H and O–H groups in total. The third kappa shape index (κ3) is 2.05. The lowest BCUT2D eigenvalue weighted by Crippen LogP contribution is -2.53. The first-order chi connectivity index (χ1) is 11.3. The van der Waals surface area contributed by atoms with Gasteiger partial charge in [-0.3, -0.25) is 9.59 Å². The monoisotopic (exact) mass is 332 g/mol. The van der Waals surface area contributed by atoms with Crippen LogP contribution in [0.15, 0.2) is 11.6 Å². The van der Waals surface area contributed by atoms with Gasteiger partial charge < -0.3 is 0 Å². The molecule has 0 heterocycles. The molecule has 0 spiro atoms. The number of fused-ring (bicyclic) bond motifs is 5. The lowest BCUT2D eigenvalue weighted by Gasteiger charge is -2.58. The van der Waals surface area contributed by atoms with Crippen molar-refractivity contribution in [2.45, 2.75) is 71.9 Å². The van der Waals surface area contributed by atoms with Crippen molar-refractivity contribution in [2.75, 3.05) is 0 Å². The van der Waals surface area contributed by atoms with E-state index in [0.29, 0.717) is 36.4 Å². The zero-order valence-corrected chi connectivity index (χ0v) is 15.1. The van der Waals surface area contributed by atoms with Gasteiger partial charge in [-0.15, -0.1) is 0 Å². The second-order valence-electron chi connectivity index (χ2n) is 9.35. The summed E-state index contributed by atoms with van der Waals surface area (Å²) in [6, 6.07) is 0. The van der Waals surface area contributed by atoms with E-state index in [-0.39, 0.29) is 22.5 Å². The fraction of sp³-hybridized carbons (Fsp3) is 0.810. The fourth-order valence-corrected chi connectivity index (χ4v) is 7.23. The van der Waals surface area contributed by atoms with Gasteiger partial charge in [0, 0.05) is 12.3 Å². The normalized spacial score (nSPS) is 50.6. The van der Waals surface area contributed by atoms with E-state index < -0.39 is 6.17 Å². The van der Waals surface area contributed by atoms with Gasteiger partial charge in [-0.05, 0) is 85.7 Å². The summed E-state index contributed by atoms with van der Waals surface area (Å²) in [6.45, 7) is 6.23. The molecule has 1 unspecified atom stereocenters. The average molecular weight is 332 g/mol. The molecule has 132 valence electrons. The van der Waals surface area contributed by atoms with Crippen LogP contribution in [-0.2, 0) is 9.59 Å². The molecule has 0 radical (unpaired) electrons. The van der Waals surface area contributed by atoms with Gasteiger partial charge in [0.2, 0.25) is 0 Å². The molecule has 3 fully saturated rings. The van der Waals surface area contributed by atoms with Gasteiger partial charge in [0.05, 0.1) is 0 Å². The van der Waals surface area contributed by atoms with Crippen LogP contribution >= 0.6 is 0 Å². The molecule has 3 heteroatoms. The van der Waals surface area contributed by atoms with Crippen LogP contribution < -0.4 is 0 Å². The Hall–Kier alpha value is -0.990. The van der Waals surface area contributed by atoms with Gasteiger partial charge in [0.1, 0.15) is 12.0 Å². The van der Waals surface area contributed by atoms with E-state index in [9.17, 15) is 9.59 Å². The number of rotatable bonds is 1. The van der Waals surface area contributed by atoms with E-state index in [2.05, 4.69) is 13.8 Å². The van der Waals surface area contributed by atoms with Gasteiger partial charge in [-0.1, -0.05) is 13.8 Å². The summed E-state index contributed by atoms with van der Waals surface area (Å²) in [6.07, 6.45) is 6.80. The Balaban J connectivity index is 1.71. The van der Waals surface area contributed by atoms with Crippen molar-refractivity contribution in [3.8, 4) is 0 Å². The molecule has 3 saturated carbocycles. The number of halogens is 1. The number of Topliss-reactive ketones (excluding diaryl/α,β-unsaturated/α-hetero) is 1. The smallest absolute Gasteiger partial charge is 0.155 e. The Bertz CT molecular complexity index is 623. The highest BCUT2D eigenvalue weighted by Gasteiger charge is 2.61. The van der Waals surface area contributed by atoms with Crippen molar-refractivity contribution in [2.24, 2.45) is 34.5 Å². The Labute approximate surface area is 144 Å². The van der Waals surface area contributed by atoms with Gasteiger partial charge in [0.15, 0.2) is 5.78 Å². The third-order valence-corrected chi connectivity index (χ3v) is 8.43. The predicted octanol–water partition coefficient (Wildman–Crippen LogP) is 4.67. The predicted molar refractivity (Wildman–Crippen MR) is 91.2 cm³/mol. The second kappa shape index (κ2) is 5.25. The minimum atomic E-state index is -0.973. The number of hydrogen-bond donors (Lipinski definition) is 0. The van der Waals surface area contributed by atoms with Crippen molar-refractivity contribution in [1.82, 2.24) is 0 Å². The number of hydrogen-bond acceptors (Lipinski definition) is 2. The molecule has 0 aromatic heterocycles. The van der Waals surface area contributed by atoms with Crippen molar-refractivity contribution < 1.29 is 14.0 Å². The molecule has 0 amide bonds. The van der Waals surface area contributed by atoms with Crippen LogP contribution in [0.5, 0.6) is 0 Å². The van der Waals surface area contributed by atoms with Crippen LogP contribution in [0.2, 0.25) is 0 Å². The molecule has 0 aliphatic heterocycles. The highest BCUT2D eigenvalue weighted by molar-refractivity contribution is 5.91. The van der Waals surface area contributed by atoms with Crippen LogP contribution in [0.4, 0.5) is 4.39 Å². The van der Waals surface area contributed by atoms with Gasteiger partial charge in [0.25, 0.3) is 0 Å². The van der Waals surface area contributed by atoms with E-state index in [0.717, 1.165) is 37.7 Å². The number of carbonyl (C=O) groups is 2. The summed E-state index contributed by atoms with van der Waals surface area (Å²) in [4.78, 5) is 24.0. The zero-order valence-electron chi connectivity index (χ0n) is 15.1. The van der Waals surface area contributed by atoms with E-state index >= 15 is 4.39 Å². The van der Waals surface area contributed by atoms with Crippen LogP contribution in [0.3, 0.4) is 0 Å². The summed E-state index contributed by atoms with van der Waals surface area (Å²) in [7, 11) is 0. The van der Waals surface area contributed by atoms with E-state index in [1.165, 1.54) is 0 Å². The topological polar surface area (TPSA) is 34.1 Å². The number of allylic oxidation sites excluding steroid dienone is 1. The lowest BCUT2D eigenvalue weighted by molar-refractivity contribution is -0.129. The van der Waals surface area contributed by atoms with E-state index in [4.69, 9.17) is 0 Å². The minimum Gasteiger partial charge on any atom is -0.300 e. The minimum absolute atomic E-state index is 0.0643. The van der Waals surface area contributed by atoms with Crippen molar-refractivity contribution in [3.05, 3.63) is 11.6 Å². The molecule has 0 saturated heterocycles. The Morgan fingerprint density at radius 2 is 1.92 bits per heavy atom. The maximum Gasteiger partial charge on any atom is 0.155 e. The maximum atomic E-state index is 15.1. The maximum absolute atomic E-state index is 15.1. The summed E-state index contributed by atoms with van der Waals surface area (Å²) >= 11 is 0. The van der Waals surface area contributed by atoms with Crippen LogP contribution in [0.25, 0.3) is 0 Å². The first kappa shape index (κ1) is 16.5. The van der Waals surface area contributed by atoms with Crippen molar-refractivity contribution in [3.63, 3.8) is 0 Å². The molecular formula is C21H29FO2. The lowest BCUT2D eigenvalue weighted by atomic mass is 9.46. The molecule has 4 rings (SSSR count). The molecule has 7 atom stereocenters. The average Bonchev–Trinajstić information content (AvgIpc) is 2.87. The van der Waals surface area contributed by atoms with Crippen molar-refractivity contribution >= 4 is 11.6 Å². The van der Waals surface area contributed by atoms with Crippen molar-refractivity contribution in [1.29, 1.82) is 0 Å². The molecule has 2 nitrogen and oxygen atoms in total. The third-order valence-electron chi connectivity index (χ3n) is 8.43. The largest absolute Gasteiger partial charge is 0.300 e. The highest BCUT2D eigenvalue weighted by Crippen LogP contribution is 2.66. The van der Waals surface area contributed by atoms with Gasteiger partial charge in [-0.25, -0.2) is 4.39 Å². The first-order valence-corrected chi connectivity index (χ1v) is 9.67. The second-order valence-corrected chi connectivity index (χ2v) is 9.35. The number of alkyl halides is 1. The van der Waals surface area contributed by atoms with Crippen LogP contribution in [-0.4, -0.2) is 17.7 Å². The Morgan fingerprint density at radius 1 is 1.17 bits per heavy atom. The van der Waals surface area contributed by atoms with Gasteiger partial charge >= 0.3 is 0 Å². The summed E-state index contributed by atoms with van der Waals surface area (Å²) < 4.78 is 15.1. The Kier molecular flexibility index (Phi) is 3.61. The standard InChI is InChI=1S/C21H29FO2/c1-12(23)15-4-5-16-14-11-19(22)18-10-13(24)6-8-21(18,3)17(14)7-9-20(15,16)2/h10,14-17,19H,4-9,11H2,1-3H3/t14-,15+,16-,17-,19?,20+,21+/m0/s1. The zero-order chi connectivity index (χ0) is 17.3. The van der Waals surface area contributed by atoms with Crippen LogP contribution in [0, 0.1) is 34.5 Å². The van der Waals surface area contributed by atoms with E-state index in [1.54, 1.807) is 13.0 Å². The molecule has 4 aliphatic carbocycles. The molecule has 0 aromatic carbocycles. The van der Waals surface area contributed by atoms with Crippen LogP contribution in [0.1, 0.15) is 65.7 Å². The SMILES string of the molecule is CC(=O)[C@H]1CC[C@H]2[C@@H]3CC(F)C4=CC(=O)CC[C@]4(C)[C@H]3CC[C@]12C. The first-order valence-electron chi connectivity index (χ1n) is 9.67. The molecule has 4 aliphatic rings. The molecular weight excluding hydrogens is 303 g/mol. The summed E-state index contributed by atoms with van der Waals surface area (Å²) in [5, 5.41) is 0. The number of ketones is 2. The van der Waals surface area contributed by atoms with Gasteiger partial charge in [-0.2, -0.15) is 0 Å². The highest BCUT2D eigenvalue weighted by atomic mass is 19.1. The summed E-state index contributed by atoms with van der Waals surface area (Å²) in [5.41, 5.74) is 0.699. The summed E-state index contributed by atoms with van der Waals surface area (Å²) in [5.74, 6) is 1.91. The quantitative estimate of drug-likeness (QED) is 0.699. The molecule has 0 aromatic rings. The molecule has 24 heavy (non-hydrogen) atoms. The molecule has 0 bridgehead atoms. The van der Waals surface area contributed by atoms with E-state index in [1.807, 2.05) is 0 Å². The fourth-order valence-electron chi connectivity index (χ4n) is 7.23. The number of carbonyl (C=O) groups excluding carboxylic acids is 2. The Morgan fingerprint density at radius 3 is 2.62 bits per heavy atom.